The largest absolute Gasteiger partial charge is 0.486 e. The third kappa shape index (κ3) is 3.17. The van der Waals surface area contributed by atoms with E-state index in [0.29, 0.717) is 16.3 Å². The molecule has 0 aliphatic heterocycles. The van der Waals surface area contributed by atoms with E-state index >= 15 is 0 Å². The van der Waals surface area contributed by atoms with Crippen LogP contribution in [0.25, 0.3) is 0 Å². The number of anilines is 2. The molecule has 1 aliphatic carbocycles. The number of nitrogen functional groups attached to an aromatic ring is 1. The number of nitrogens with one attached hydrogen (secondary N) is 1. The quantitative estimate of drug-likeness (QED) is 0.845. The number of carbonyl (C=O) groups excluding carboxylic acids is 1. The number of thiophene rings is 1. The smallest absolute Gasteiger partial charge is 0.263 e. The molecule has 0 atom stereocenters. The van der Waals surface area contributed by atoms with Crippen molar-refractivity contribution in [2.75, 3.05) is 31.3 Å². The highest BCUT2D eigenvalue weighted by atomic mass is 32.1. The molecule has 0 unspecified atom stereocenters. The average molecular weight is 297 g/mol. The van der Waals surface area contributed by atoms with Crippen molar-refractivity contribution in [2.24, 2.45) is 5.92 Å². The summed E-state index contributed by atoms with van der Waals surface area (Å²) >= 11 is 1.40. The van der Waals surface area contributed by atoms with Gasteiger partial charge < -0.3 is 20.7 Å². The lowest BCUT2D eigenvalue weighted by molar-refractivity contribution is 0.0967. The molecule has 6 heteroatoms. The number of nitrogens with zero attached hydrogens (tertiary/aromatic N) is 1. The van der Waals surface area contributed by atoms with E-state index in [1.165, 1.54) is 24.2 Å². The van der Waals surface area contributed by atoms with Crippen LogP contribution in [0.1, 0.15) is 36.4 Å². The van der Waals surface area contributed by atoms with Gasteiger partial charge in [0.25, 0.3) is 5.91 Å². The minimum absolute atomic E-state index is 0.0255. The van der Waals surface area contributed by atoms with Crippen LogP contribution in [0.3, 0.4) is 0 Å². The first-order valence-corrected chi connectivity index (χ1v) is 7.77. The topological polar surface area (TPSA) is 67.6 Å². The summed E-state index contributed by atoms with van der Waals surface area (Å²) < 4.78 is 5.84. The van der Waals surface area contributed by atoms with Gasteiger partial charge in [-0.2, -0.15) is 0 Å². The van der Waals surface area contributed by atoms with Crippen LogP contribution in [-0.4, -0.2) is 32.7 Å². The SMILES string of the molecule is CNC(=O)c1sc(N(C)CC2CC2)c(OC(C)C)c1N. The predicted molar refractivity (Wildman–Crippen MR) is 83.9 cm³/mol. The number of hydrogen-bond donors (Lipinski definition) is 2. The lowest BCUT2D eigenvalue weighted by Crippen LogP contribution is -2.20. The van der Waals surface area contributed by atoms with Crippen molar-refractivity contribution >= 4 is 27.9 Å². The van der Waals surface area contributed by atoms with Crippen molar-refractivity contribution in [2.45, 2.75) is 32.8 Å². The number of carbonyl (C=O) groups is 1. The fourth-order valence-electron chi connectivity index (χ4n) is 2.07. The minimum Gasteiger partial charge on any atom is -0.486 e. The van der Waals surface area contributed by atoms with Gasteiger partial charge in [0.1, 0.15) is 15.6 Å². The third-order valence-electron chi connectivity index (χ3n) is 3.24. The number of hydrogen-bond acceptors (Lipinski definition) is 5. The maximum atomic E-state index is 11.9. The van der Waals surface area contributed by atoms with E-state index in [-0.39, 0.29) is 12.0 Å². The van der Waals surface area contributed by atoms with E-state index in [2.05, 4.69) is 10.2 Å². The first-order valence-electron chi connectivity index (χ1n) is 6.96. The zero-order valence-electron chi connectivity index (χ0n) is 12.5. The maximum absolute atomic E-state index is 11.9. The van der Waals surface area contributed by atoms with Crippen molar-refractivity contribution in [3.05, 3.63) is 4.88 Å². The van der Waals surface area contributed by atoms with Crippen LogP contribution < -0.4 is 20.7 Å². The minimum atomic E-state index is -0.160. The molecule has 0 aromatic carbocycles. The number of nitrogens with two attached hydrogens (primary N) is 1. The zero-order valence-corrected chi connectivity index (χ0v) is 13.3. The van der Waals surface area contributed by atoms with Gasteiger partial charge >= 0.3 is 0 Å². The monoisotopic (exact) mass is 297 g/mol. The first kappa shape index (κ1) is 15.0. The standard InChI is InChI=1S/C14H23N3O2S/c1-8(2)19-11-10(15)12(13(18)16-3)20-14(11)17(4)7-9-5-6-9/h8-9H,5-7,15H2,1-4H3,(H,16,18). The van der Waals surface area contributed by atoms with Crippen molar-refractivity contribution in [3.63, 3.8) is 0 Å². The molecule has 3 N–H and O–H groups in total. The summed E-state index contributed by atoms with van der Waals surface area (Å²) in [6.45, 7) is 4.91. The van der Waals surface area contributed by atoms with E-state index in [1.807, 2.05) is 20.9 Å². The van der Waals surface area contributed by atoms with Crippen molar-refractivity contribution in [1.29, 1.82) is 0 Å². The van der Waals surface area contributed by atoms with Gasteiger partial charge in [-0.3, -0.25) is 4.79 Å². The fraction of sp³-hybridized carbons (Fsp3) is 0.643. The van der Waals surface area contributed by atoms with Gasteiger partial charge in [0.2, 0.25) is 0 Å². The Bertz CT molecular complexity index is 495. The van der Waals surface area contributed by atoms with E-state index in [1.54, 1.807) is 7.05 Å². The van der Waals surface area contributed by atoms with Crippen LogP contribution in [0.4, 0.5) is 10.7 Å². The molecule has 0 saturated heterocycles. The molecule has 20 heavy (non-hydrogen) atoms. The van der Waals surface area contributed by atoms with Crippen molar-refractivity contribution < 1.29 is 9.53 Å². The van der Waals surface area contributed by atoms with Gasteiger partial charge in [0, 0.05) is 20.6 Å². The normalized spacial score (nSPS) is 14.4. The summed E-state index contributed by atoms with van der Waals surface area (Å²) in [4.78, 5) is 14.6. The maximum Gasteiger partial charge on any atom is 0.263 e. The molecule has 112 valence electrons. The molecule has 1 fully saturated rings. The molecule has 0 spiro atoms. The van der Waals surface area contributed by atoms with Crippen LogP contribution in [0.5, 0.6) is 5.75 Å². The van der Waals surface area contributed by atoms with Gasteiger partial charge in [-0.25, -0.2) is 0 Å². The van der Waals surface area contributed by atoms with Gasteiger partial charge in [0.05, 0.1) is 6.10 Å². The molecule has 1 saturated carbocycles. The average Bonchev–Trinajstić information content (AvgIpc) is 3.14. The summed E-state index contributed by atoms with van der Waals surface area (Å²) in [5, 5.41) is 3.57. The molecule has 1 aromatic rings. The van der Waals surface area contributed by atoms with Crippen LogP contribution in [0, 0.1) is 5.92 Å². The summed E-state index contributed by atoms with van der Waals surface area (Å²) in [6, 6.07) is 0. The molecular weight excluding hydrogens is 274 g/mol. The first-order chi connectivity index (χ1) is 9.43. The van der Waals surface area contributed by atoms with Crippen LogP contribution in [0.15, 0.2) is 0 Å². The Kier molecular flexibility index (Phi) is 4.42. The summed E-state index contributed by atoms with van der Waals surface area (Å²) in [5.41, 5.74) is 6.56. The molecule has 1 aromatic heterocycles. The van der Waals surface area contributed by atoms with Crippen LogP contribution in [-0.2, 0) is 0 Å². The Morgan fingerprint density at radius 3 is 2.70 bits per heavy atom. The Labute approximate surface area is 124 Å². The molecular formula is C14H23N3O2S. The van der Waals surface area contributed by atoms with E-state index < -0.39 is 0 Å². The molecule has 1 amide bonds. The number of ether oxygens (including phenoxy) is 1. The molecule has 1 aliphatic rings. The second kappa shape index (κ2) is 5.91. The fourth-order valence-corrected chi connectivity index (χ4v) is 3.14. The summed E-state index contributed by atoms with van der Waals surface area (Å²) in [6.07, 6.45) is 2.60. The summed E-state index contributed by atoms with van der Waals surface area (Å²) in [7, 11) is 3.64. The summed E-state index contributed by atoms with van der Waals surface area (Å²) in [5.74, 6) is 1.25. The predicted octanol–water partition coefficient (Wildman–Crippen LogP) is 2.32. The number of rotatable bonds is 6. The Balaban J connectivity index is 2.33. The lowest BCUT2D eigenvalue weighted by atomic mass is 10.3. The van der Waals surface area contributed by atoms with Crippen molar-refractivity contribution in [1.82, 2.24) is 5.32 Å². The van der Waals surface area contributed by atoms with Gasteiger partial charge in [-0.15, -0.1) is 11.3 Å². The second-order valence-corrected chi connectivity index (χ2v) is 6.55. The lowest BCUT2D eigenvalue weighted by Gasteiger charge is -2.20. The highest BCUT2D eigenvalue weighted by molar-refractivity contribution is 7.19. The molecule has 1 heterocycles. The van der Waals surface area contributed by atoms with E-state index in [9.17, 15) is 4.79 Å². The molecule has 0 radical (unpaired) electrons. The van der Waals surface area contributed by atoms with E-state index in [4.69, 9.17) is 10.5 Å². The third-order valence-corrected chi connectivity index (χ3v) is 4.54. The van der Waals surface area contributed by atoms with E-state index in [0.717, 1.165) is 17.5 Å². The highest BCUT2D eigenvalue weighted by Crippen LogP contribution is 2.46. The van der Waals surface area contributed by atoms with Gasteiger partial charge in [0.15, 0.2) is 5.75 Å². The Hall–Kier alpha value is -1.43. The van der Waals surface area contributed by atoms with Crippen LogP contribution in [0.2, 0.25) is 0 Å². The Morgan fingerprint density at radius 1 is 1.55 bits per heavy atom. The molecule has 5 nitrogen and oxygen atoms in total. The molecule has 2 rings (SSSR count). The Morgan fingerprint density at radius 2 is 2.20 bits per heavy atom. The van der Waals surface area contributed by atoms with Gasteiger partial charge in [-0.05, 0) is 32.6 Å². The van der Waals surface area contributed by atoms with Gasteiger partial charge in [-0.1, -0.05) is 0 Å². The number of amides is 1. The zero-order chi connectivity index (χ0) is 14.9. The highest BCUT2D eigenvalue weighted by Gasteiger charge is 2.28. The van der Waals surface area contributed by atoms with Crippen LogP contribution >= 0.6 is 11.3 Å². The molecule has 0 bridgehead atoms. The second-order valence-electron chi connectivity index (χ2n) is 5.55. The van der Waals surface area contributed by atoms with Crippen molar-refractivity contribution in [3.8, 4) is 5.75 Å².